The predicted octanol–water partition coefficient (Wildman–Crippen LogP) is 3.00. The molecule has 1 aromatic carbocycles. The van der Waals surface area contributed by atoms with E-state index in [0.29, 0.717) is 12.1 Å². The van der Waals surface area contributed by atoms with Crippen molar-refractivity contribution in [2.24, 2.45) is 4.99 Å². The average Bonchev–Trinajstić information content (AvgIpc) is 3.11. The minimum Gasteiger partial charge on any atom is -0.376 e. The summed E-state index contributed by atoms with van der Waals surface area (Å²) >= 11 is 0. The van der Waals surface area contributed by atoms with Crippen LogP contribution in [0.2, 0.25) is 0 Å². The van der Waals surface area contributed by atoms with Gasteiger partial charge in [0.05, 0.1) is 19.3 Å². The highest BCUT2D eigenvalue weighted by atomic mass is 19.4. The van der Waals surface area contributed by atoms with Crippen molar-refractivity contribution in [2.45, 2.75) is 45.2 Å². The van der Waals surface area contributed by atoms with Crippen molar-refractivity contribution in [3.8, 4) is 0 Å². The zero-order valence-electron chi connectivity index (χ0n) is 14.9. The lowest BCUT2D eigenvalue weighted by atomic mass is 10.1. The van der Waals surface area contributed by atoms with E-state index in [1.54, 1.807) is 12.1 Å². The van der Waals surface area contributed by atoms with Gasteiger partial charge < -0.3 is 20.1 Å². The molecule has 1 fully saturated rings. The number of hydrogen-bond donors (Lipinski definition) is 2. The average molecular weight is 373 g/mol. The molecule has 0 amide bonds. The number of rotatable bonds is 8. The second kappa shape index (κ2) is 10.4. The van der Waals surface area contributed by atoms with Gasteiger partial charge in [0.15, 0.2) is 5.96 Å². The van der Waals surface area contributed by atoms with E-state index in [-0.39, 0.29) is 12.7 Å². The molecule has 26 heavy (non-hydrogen) atoms. The second-order valence-corrected chi connectivity index (χ2v) is 6.14. The van der Waals surface area contributed by atoms with E-state index in [9.17, 15) is 13.2 Å². The Kier molecular flexibility index (Phi) is 8.18. The molecule has 5 nitrogen and oxygen atoms in total. The molecule has 1 unspecified atom stereocenters. The van der Waals surface area contributed by atoms with Crippen molar-refractivity contribution in [2.75, 3.05) is 26.3 Å². The van der Waals surface area contributed by atoms with Crippen LogP contribution in [-0.4, -0.2) is 44.5 Å². The Bertz CT molecular complexity index is 556. The first-order chi connectivity index (χ1) is 12.5. The zero-order chi connectivity index (χ0) is 18.8. The first-order valence-electron chi connectivity index (χ1n) is 8.82. The van der Waals surface area contributed by atoms with Crippen LogP contribution < -0.4 is 10.6 Å². The molecule has 0 spiro atoms. The van der Waals surface area contributed by atoms with Crippen molar-refractivity contribution in [1.29, 1.82) is 0 Å². The van der Waals surface area contributed by atoms with E-state index < -0.39 is 12.8 Å². The van der Waals surface area contributed by atoms with Crippen LogP contribution in [0.4, 0.5) is 13.2 Å². The van der Waals surface area contributed by atoms with E-state index in [1.807, 2.05) is 19.1 Å². The highest BCUT2D eigenvalue weighted by Crippen LogP contribution is 2.16. The Labute approximate surface area is 152 Å². The van der Waals surface area contributed by atoms with Gasteiger partial charge in [-0.3, -0.25) is 0 Å². The molecule has 1 atom stereocenters. The second-order valence-electron chi connectivity index (χ2n) is 6.14. The van der Waals surface area contributed by atoms with Gasteiger partial charge in [-0.2, -0.15) is 13.2 Å². The molecule has 2 rings (SSSR count). The summed E-state index contributed by atoms with van der Waals surface area (Å²) < 4.78 is 46.4. The molecule has 1 saturated heterocycles. The predicted molar refractivity (Wildman–Crippen MR) is 93.9 cm³/mol. The number of guanidine groups is 1. The molecule has 0 radical (unpaired) electrons. The lowest BCUT2D eigenvalue weighted by molar-refractivity contribution is -0.176. The van der Waals surface area contributed by atoms with Gasteiger partial charge in [-0.05, 0) is 30.9 Å². The van der Waals surface area contributed by atoms with Crippen molar-refractivity contribution in [1.82, 2.24) is 10.6 Å². The van der Waals surface area contributed by atoms with E-state index >= 15 is 0 Å². The third-order valence-electron chi connectivity index (χ3n) is 3.84. The summed E-state index contributed by atoms with van der Waals surface area (Å²) in [4.78, 5) is 4.53. The first-order valence-corrected chi connectivity index (χ1v) is 8.82. The Morgan fingerprint density at radius 2 is 1.96 bits per heavy atom. The quantitative estimate of drug-likeness (QED) is 0.543. The molecule has 1 aliphatic rings. The minimum absolute atomic E-state index is 0.0609. The fourth-order valence-electron chi connectivity index (χ4n) is 2.55. The molecule has 1 aromatic rings. The lowest BCUT2D eigenvalue weighted by Gasteiger charge is -2.14. The molecule has 1 aliphatic heterocycles. The number of aliphatic imine (C=N–C) groups is 1. The van der Waals surface area contributed by atoms with Crippen LogP contribution in [0.25, 0.3) is 0 Å². The Hall–Kier alpha value is -1.80. The molecule has 0 aromatic heterocycles. The Morgan fingerprint density at radius 1 is 1.23 bits per heavy atom. The molecule has 2 N–H and O–H groups in total. The van der Waals surface area contributed by atoms with Gasteiger partial charge in [-0.15, -0.1) is 0 Å². The van der Waals surface area contributed by atoms with Crippen LogP contribution in [0.3, 0.4) is 0 Å². The molecular weight excluding hydrogens is 347 g/mol. The highest BCUT2D eigenvalue weighted by molar-refractivity contribution is 5.79. The van der Waals surface area contributed by atoms with Crippen LogP contribution in [0.5, 0.6) is 0 Å². The Balaban J connectivity index is 1.79. The number of nitrogens with one attached hydrogen (secondary N) is 2. The van der Waals surface area contributed by atoms with Gasteiger partial charge in [-0.1, -0.05) is 24.3 Å². The molecule has 1 heterocycles. The van der Waals surface area contributed by atoms with Crippen LogP contribution >= 0.6 is 0 Å². The summed E-state index contributed by atoms with van der Waals surface area (Å²) in [5.41, 5.74) is 1.67. The normalized spacial score (nSPS) is 18.2. The molecule has 146 valence electrons. The van der Waals surface area contributed by atoms with E-state index in [4.69, 9.17) is 4.74 Å². The van der Waals surface area contributed by atoms with Crippen LogP contribution in [0.15, 0.2) is 29.3 Å². The number of alkyl halides is 3. The van der Waals surface area contributed by atoms with Crippen LogP contribution in [-0.2, 0) is 22.6 Å². The fraction of sp³-hybridized carbons (Fsp3) is 0.611. The third kappa shape index (κ3) is 8.05. The smallest absolute Gasteiger partial charge is 0.376 e. The minimum atomic E-state index is -4.30. The maximum atomic E-state index is 12.1. The summed E-state index contributed by atoms with van der Waals surface area (Å²) in [6.45, 7) is 3.48. The van der Waals surface area contributed by atoms with Gasteiger partial charge in [0.1, 0.15) is 6.61 Å². The van der Waals surface area contributed by atoms with Gasteiger partial charge >= 0.3 is 6.18 Å². The number of ether oxygens (including phenoxy) is 2. The third-order valence-corrected chi connectivity index (χ3v) is 3.84. The fourth-order valence-corrected chi connectivity index (χ4v) is 2.55. The maximum Gasteiger partial charge on any atom is 0.411 e. The van der Waals surface area contributed by atoms with Crippen LogP contribution in [0.1, 0.15) is 30.9 Å². The first kappa shape index (κ1) is 20.5. The molecule has 0 aliphatic carbocycles. The van der Waals surface area contributed by atoms with E-state index in [2.05, 4.69) is 20.4 Å². The van der Waals surface area contributed by atoms with Gasteiger partial charge in [0, 0.05) is 19.7 Å². The lowest BCUT2D eigenvalue weighted by Crippen LogP contribution is -2.41. The molecule has 0 bridgehead atoms. The largest absolute Gasteiger partial charge is 0.411 e. The topological polar surface area (TPSA) is 54.9 Å². The highest BCUT2D eigenvalue weighted by Gasteiger charge is 2.27. The maximum absolute atomic E-state index is 12.1. The summed E-state index contributed by atoms with van der Waals surface area (Å²) in [5.74, 6) is 0.723. The number of nitrogens with zero attached hydrogens (tertiary/aromatic N) is 1. The SMILES string of the molecule is CCNC(=NCc1ccc(COCC(F)(F)F)cc1)NCC1CCCO1. The molecule has 8 heteroatoms. The summed E-state index contributed by atoms with van der Waals surface area (Å²) in [6, 6.07) is 7.21. The van der Waals surface area contributed by atoms with E-state index in [1.165, 1.54) is 0 Å². The number of benzene rings is 1. The Morgan fingerprint density at radius 3 is 2.58 bits per heavy atom. The monoisotopic (exact) mass is 373 g/mol. The van der Waals surface area contributed by atoms with Gasteiger partial charge in [0.25, 0.3) is 0 Å². The summed E-state index contributed by atoms with van der Waals surface area (Å²) in [7, 11) is 0. The standard InChI is InChI=1S/C18H26F3N3O2/c1-2-22-17(24-11-16-4-3-9-26-16)23-10-14-5-7-15(8-6-14)12-25-13-18(19,20)21/h5-8,16H,2-4,9-13H2,1H3,(H2,22,23,24). The van der Waals surface area contributed by atoms with Crippen molar-refractivity contribution in [3.63, 3.8) is 0 Å². The van der Waals surface area contributed by atoms with Gasteiger partial charge in [-0.25, -0.2) is 4.99 Å². The van der Waals surface area contributed by atoms with E-state index in [0.717, 1.165) is 44.1 Å². The van der Waals surface area contributed by atoms with Gasteiger partial charge in [0.2, 0.25) is 0 Å². The van der Waals surface area contributed by atoms with Crippen molar-refractivity contribution >= 4 is 5.96 Å². The number of halogens is 3. The van der Waals surface area contributed by atoms with Crippen LogP contribution in [0, 0.1) is 0 Å². The summed E-state index contributed by atoms with van der Waals surface area (Å²) in [5, 5.41) is 6.46. The summed E-state index contributed by atoms with van der Waals surface area (Å²) in [6.07, 6.45) is -1.91. The van der Waals surface area contributed by atoms with Crippen molar-refractivity contribution < 1.29 is 22.6 Å². The molecule has 0 saturated carbocycles. The zero-order valence-corrected chi connectivity index (χ0v) is 14.9. The molecular formula is C18H26F3N3O2. The van der Waals surface area contributed by atoms with Crippen molar-refractivity contribution in [3.05, 3.63) is 35.4 Å². The number of hydrogen-bond acceptors (Lipinski definition) is 3.